The maximum absolute atomic E-state index is 13.3. The number of aryl methyl sites for hydroxylation is 1. The first kappa shape index (κ1) is 26.7. The number of carbonyl (C=O) groups is 2. The van der Waals surface area contributed by atoms with Gasteiger partial charge >= 0.3 is 6.03 Å². The number of benzene rings is 3. The highest BCUT2D eigenvalue weighted by Crippen LogP contribution is 2.44. The molecule has 200 valence electrons. The predicted octanol–water partition coefficient (Wildman–Crippen LogP) is 6.23. The van der Waals surface area contributed by atoms with E-state index < -0.39 is 0 Å². The molecule has 0 aliphatic carbocycles. The lowest BCUT2D eigenvalue weighted by atomic mass is 9.72. The highest BCUT2D eigenvalue weighted by Gasteiger charge is 2.49. The number of ketones is 1. The molecule has 2 heterocycles. The van der Waals surface area contributed by atoms with Crippen LogP contribution in [-0.2, 0) is 4.79 Å². The SMILES string of the molecule is CC(=O)CC[C@H]1[C@H](c2ccc(C#Cc3ccccc3)cc2)[C@@H]2CN(C(=O)Nc3ccc(C)cc3)CCCCN12. The second-order valence-electron chi connectivity index (χ2n) is 10.8. The third-order valence-corrected chi connectivity index (χ3v) is 7.99. The third-order valence-electron chi connectivity index (χ3n) is 7.99. The van der Waals surface area contributed by atoms with Crippen LogP contribution in [0, 0.1) is 18.8 Å². The van der Waals surface area contributed by atoms with E-state index in [1.54, 1.807) is 6.92 Å². The van der Waals surface area contributed by atoms with E-state index in [4.69, 9.17) is 0 Å². The number of urea groups is 1. The van der Waals surface area contributed by atoms with Crippen molar-refractivity contribution in [2.24, 2.45) is 0 Å². The Bertz CT molecular complexity index is 1340. The van der Waals surface area contributed by atoms with Gasteiger partial charge in [-0.05, 0) is 81.6 Å². The standard InChI is InChI=1S/C34H37N3O2/c1-25-10-19-30(20-11-25)35-34(39)36-22-6-7-23-37-31(21-12-26(2)38)33(32(37)24-36)29-17-15-28(16-18-29)14-13-27-8-4-3-5-9-27/h3-5,8-11,15-20,31-33H,6-7,12,21-24H2,1-2H3,(H,35,39)/t31-,32-,33-/m0/s1. The summed E-state index contributed by atoms with van der Waals surface area (Å²) in [4.78, 5) is 29.7. The molecule has 3 aromatic rings. The molecule has 1 N–H and O–H groups in total. The van der Waals surface area contributed by atoms with Crippen molar-refractivity contribution in [3.05, 3.63) is 101 Å². The van der Waals surface area contributed by atoms with Crippen molar-refractivity contribution in [1.82, 2.24) is 9.80 Å². The lowest BCUT2D eigenvalue weighted by Crippen LogP contribution is -2.67. The van der Waals surface area contributed by atoms with Crippen LogP contribution in [0.5, 0.6) is 0 Å². The summed E-state index contributed by atoms with van der Waals surface area (Å²) in [7, 11) is 0. The van der Waals surface area contributed by atoms with Gasteiger partial charge in [0.15, 0.2) is 0 Å². The number of hydrogen-bond donors (Lipinski definition) is 1. The van der Waals surface area contributed by atoms with Crippen molar-refractivity contribution in [1.29, 1.82) is 0 Å². The minimum atomic E-state index is -0.0434. The number of rotatable bonds is 5. The highest BCUT2D eigenvalue weighted by molar-refractivity contribution is 5.89. The number of Topliss-reactive ketones (excluding diaryl/α,β-unsaturated/α-hetero) is 1. The second-order valence-corrected chi connectivity index (χ2v) is 10.8. The molecule has 3 atom stereocenters. The molecule has 5 heteroatoms. The zero-order valence-electron chi connectivity index (χ0n) is 22.9. The van der Waals surface area contributed by atoms with Gasteiger partial charge in [0, 0.05) is 54.3 Å². The van der Waals surface area contributed by atoms with E-state index in [-0.39, 0.29) is 23.8 Å². The van der Waals surface area contributed by atoms with Crippen LogP contribution >= 0.6 is 0 Å². The summed E-state index contributed by atoms with van der Waals surface area (Å²) in [5.74, 6) is 7.01. The lowest BCUT2D eigenvalue weighted by molar-refractivity contribution is -0.118. The number of carbonyl (C=O) groups excluding carboxylic acids is 2. The van der Waals surface area contributed by atoms with Crippen LogP contribution in [0.4, 0.5) is 10.5 Å². The second kappa shape index (κ2) is 12.3. The van der Waals surface area contributed by atoms with Gasteiger partial charge in [0.1, 0.15) is 5.78 Å². The topological polar surface area (TPSA) is 52.7 Å². The van der Waals surface area contributed by atoms with Gasteiger partial charge in [0.05, 0.1) is 0 Å². The van der Waals surface area contributed by atoms with E-state index in [9.17, 15) is 9.59 Å². The van der Waals surface area contributed by atoms with Gasteiger partial charge < -0.3 is 15.0 Å². The first-order valence-corrected chi connectivity index (χ1v) is 14.0. The van der Waals surface area contributed by atoms with Crippen molar-refractivity contribution in [3.63, 3.8) is 0 Å². The molecule has 2 fully saturated rings. The summed E-state index contributed by atoms with van der Waals surface area (Å²) in [6.07, 6.45) is 3.45. The number of amides is 2. The minimum absolute atomic E-state index is 0.0434. The average Bonchev–Trinajstić information content (AvgIpc) is 2.93. The van der Waals surface area contributed by atoms with Crippen LogP contribution in [0.25, 0.3) is 0 Å². The van der Waals surface area contributed by atoms with Gasteiger partial charge in [-0.2, -0.15) is 0 Å². The van der Waals surface area contributed by atoms with Gasteiger partial charge in [0.25, 0.3) is 0 Å². The summed E-state index contributed by atoms with van der Waals surface area (Å²) in [6.45, 7) is 6.16. The Morgan fingerprint density at radius 1 is 0.872 bits per heavy atom. The van der Waals surface area contributed by atoms with Crippen LogP contribution in [-0.4, -0.2) is 53.3 Å². The van der Waals surface area contributed by atoms with Crippen molar-refractivity contribution < 1.29 is 9.59 Å². The summed E-state index contributed by atoms with van der Waals surface area (Å²) in [6, 6.07) is 27.0. The van der Waals surface area contributed by atoms with Crippen molar-refractivity contribution in [2.45, 2.75) is 57.5 Å². The average molecular weight is 520 g/mol. The molecule has 0 spiro atoms. The van der Waals surface area contributed by atoms with Gasteiger partial charge in [0.2, 0.25) is 0 Å². The normalized spacial score (nSPS) is 20.9. The van der Waals surface area contributed by atoms with Crippen molar-refractivity contribution in [3.8, 4) is 11.8 Å². The summed E-state index contributed by atoms with van der Waals surface area (Å²) >= 11 is 0. The lowest BCUT2D eigenvalue weighted by Gasteiger charge is -2.58. The van der Waals surface area contributed by atoms with Crippen LogP contribution in [0.2, 0.25) is 0 Å². The molecule has 2 aliphatic rings. The number of fused-ring (bicyclic) bond motifs is 1. The van der Waals surface area contributed by atoms with Crippen LogP contribution in [0.15, 0.2) is 78.9 Å². The highest BCUT2D eigenvalue weighted by atomic mass is 16.2. The first-order chi connectivity index (χ1) is 19.0. The Morgan fingerprint density at radius 3 is 2.23 bits per heavy atom. The number of hydrogen-bond acceptors (Lipinski definition) is 3. The van der Waals surface area contributed by atoms with Crippen molar-refractivity contribution >= 4 is 17.5 Å². The molecule has 2 amide bonds. The predicted molar refractivity (Wildman–Crippen MR) is 157 cm³/mol. The number of nitrogens with one attached hydrogen (secondary N) is 1. The molecule has 2 saturated heterocycles. The Labute approximate surface area is 232 Å². The molecule has 5 nitrogen and oxygen atoms in total. The van der Waals surface area contributed by atoms with E-state index in [1.165, 1.54) is 11.1 Å². The minimum Gasteiger partial charge on any atom is -0.323 e. The summed E-state index contributed by atoms with van der Waals surface area (Å²) in [5, 5.41) is 3.10. The van der Waals surface area contributed by atoms with Gasteiger partial charge in [-0.15, -0.1) is 0 Å². The third kappa shape index (κ3) is 6.58. The molecule has 0 aromatic heterocycles. The maximum atomic E-state index is 13.3. The van der Waals surface area contributed by atoms with E-state index in [1.807, 2.05) is 66.4 Å². The summed E-state index contributed by atoms with van der Waals surface area (Å²) < 4.78 is 0. The van der Waals surface area contributed by atoms with E-state index >= 15 is 0 Å². The smallest absolute Gasteiger partial charge is 0.321 e. The number of anilines is 1. The fraction of sp³-hybridized carbons (Fsp3) is 0.353. The molecular formula is C34H37N3O2. The molecular weight excluding hydrogens is 482 g/mol. The monoisotopic (exact) mass is 519 g/mol. The van der Waals surface area contributed by atoms with Crippen LogP contribution in [0.1, 0.15) is 60.8 Å². The fourth-order valence-corrected chi connectivity index (χ4v) is 5.90. The Kier molecular flexibility index (Phi) is 8.44. The molecule has 0 unspecified atom stereocenters. The first-order valence-electron chi connectivity index (χ1n) is 14.0. The molecule has 0 radical (unpaired) electrons. The van der Waals surface area contributed by atoms with Gasteiger partial charge in [-0.3, -0.25) is 4.90 Å². The zero-order chi connectivity index (χ0) is 27.2. The van der Waals surface area contributed by atoms with Crippen LogP contribution < -0.4 is 5.32 Å². The number of nitrogens with zero attached hydrogens (tertiary/aromatic N) is 2. The molecule has 3 aromatic carbocycles. The molecule has 39 heavy (non-hydrogen) atoms. The van der Waals surface area contributed by atoms with Gasteiger partial charge in [-0.1, -0.05) is 59.9 Å². The summed E-state index contributed by atoms with van der Waals surface area (Å²) in [5.41, 5.74) is 5.23. The molecule has 5 rings (SSSR count). The quantitative estimate of drug-likeness (QED) is 0.407. The Hall–Kier alpha value is -3.88. The molecule has 0 bridgehead atoms. The molecule has 2 aliphatic heterocycles. The Balaban J connectivity index is 1.35. The van der Waals surface area contributed by atoms with Gasteiger partial charge in [-0.25, -0.2) is 4.79 Å². The largest absolute Gasteiger partial charge is 0.323 e. The van der Waals surface area contributed by atoms with Crippen LogP contribution in [0.3, 0.4) is 0 Å². The van der Waals surface area contributed by atoms with E-state index in [2.05, 4.69) is 46.3 Å². The van der Waals surface area contributed by atoms with E-state index in [0.717, 1.165) is 49.2 Å². The zero-order valence-corrected chi connectivity index (χ0v) is 22.9. The van der Waals surface area contributed by atoms with Crippen molar-refractivity contribution in [2.75, 3.05) is 25.0 Å². The Morgan fingerprint density at radius 2 is 1.54 bits per heavy atom. The maximum Gasteiger partial charge on any atom is 0.321 e. The molecule has 0 saturated carbocycles. The fourth-order valence-electron chi connectivity index (χ4n) is 5.90. The van der Waals surface area contributed by atoms with E-state index in [0.29, 0.717) is 19.0 Å².